The number of piperidine rings is 1. The van der Waals surface area contributed by atoms with Gasteiger partial charge in [-0.15, -0.1) is 0 Å². The summed E-state index contributed by atoms with van der Waals surface area (Å²) in [5.74, 6) is 0.316. The molecule has 0 bridgehead atoms. The number of hydrogen-bond donors (Lipinski definition) is 0. The average molecular weight is 325 g/mol. The summed E-state index contributed by atoms with van der Waals surface area (Å²) >= 11 is 0. The molecule has 0 amide bonds. The number of esters is 1. The van der Waals surface area contributed by atoms with E-state index in [0.29, 0.717) is 30.3 Å². The molecule has 0 aliphatic carbocycles. The molecule has 0 saturated carbocycles. The van der Waals surface area contributed by atoms with E-state index < -0.39 is 10.0 Å². The predicted octanol–water partition coefficient (Wildman–Crippen LogP) is 2.43. The van der Waals surface area contributed by atoms with Crippen molar-refractivity contribution in [2.24, 2.45) is 5.92 Å². The van der Waals surface area contributed by atoms with Crippen molar-refractivity contribution in [2.45, 2.75) is 37.0 Å². The number of sulfonamides is 1. The van der Waals surface area contributed by atoms with E-state index in [1.54, 1.807) is 28.6 Å². The van der Waals surface area contributed by atoms with Gasteiger partial charge in [0.15, 0.2) is 0 Å². The summed E-state index contributed by atoms with van der Waals surface area (Å²) in [6, 6.07) is 8.57. The first-order valence-electron chi connectivity index (χ1n) is 7.66. The zero-order chi connectivity index (χ0) is 16.0. The van der Waals surface area contributed by atoms with Crippen molar-refractivity contribution in [1.29, 1.82) is 0 Å². The SMILES string of the molecule is COC(=O)CCCC1CCN(S(=O)(=O)c2ccccc2)CC1. The molecule has 0 unspecified atom stereocenters. The lowest BCUT2D eigenvalue weighted by molar-refractivity contribution is -0.140. The summed E-state index contributed by atoms with van der Waals surface area (Å²) in [5.41, 5.74) is 0. The lowest BCUT2D eigenvalue weighted by Crippen LogP contribution is -2.38. The van der Waals surface area contributed by atoms with Gasteiger partial charge in [0.2, 0.25) is 10.0 Å². The van der Waals surface area contributed by atoms with E-state index in [1.165, 1.54) is 7.11 Å². The molecule has 1 aromatic rings. The van der Waals surface area contributed by atoms with Gasteiger partial charge in [0.25, 0.3) is 0 Å². The molecule has 0 atom stereocenters. The van der Waals surface area contributed by atoms with Crippen LogP contribution < -0.4 is 0 Å². The van der Waals surface area contributed by atoms with Gasteiger partial charge in [0.1, 0.15) is 0 Å². The molecule has 1 aliphatic rings. The molecule has 5 nitrogen and oxygen atoms in total. The van der Waals surface area contributed by atoms with Crippen LogP contribution in [0.3, 0.4) is 0 Å². The second kappa shape index (κ2) is 7.74. The maximum Gasteiger partial charge on any atom is 0.305 e. The molecule has 0 aromatic heterocycles. The Kier molecular flexibility index (Phi) is 5.97. The standard InChI is InChI=1S/C16H23NO4S/c1-21-16(18)9-5-6-14-10-12-17(13-11-14)22(19,20)15-7-3-2-4-8-15/h2-4,7-8,14H,5-6,9-13H2,1H3. The van der Waals surface area contributed by atoms with Crippen LogP contribution in [0.5, 0.6) is 0 Å². The Labute approximate surface area is 132 Å². The lowest BCUT2D eigenvalue weighted by atomic mass is 9.92. The molecule has 1 saturated heterocycles. The van der Waals surface area contributed by atoms with Crippen LogP contribution >= 0.6 is 0 Å². The van der Waals surface area contributed by atoms with Crippen molar-refractivity contribution >= 4 is 16.0 Å². The number of rotatable bonds is 6. The monoisotopic (exact) mass is 325 g/mol. The second-order valence-corrected chi connectivity index (χ2v) is 7.57. The fourth-order valence-corrected chi connectivity index (χ4v) is 4.31. The molecule has 1 fully saturated rings. The number of ether oxygens (including phenoxy) is 1. The highest BCUT2D eigenvalue weighted by atomic mass is 32.2. The fourth-order valence-electron chi connectivity index (χ4n) is 2.82. The molecule has 1 aliphatic heterocycles. The molecule has 22 heavy (non-hydrogen) atoms. The number of carbonyl (C=O) groups is 1. The highest BCUT2D eigenvalue weighted by molar-refractivity contribution is 7.89. The first-order valence-corrected chi connectivity index (χ1v) is 9.10. The third kappa shape index (κ3) is 4.30. The molecule has 122 valence electrons. The number of benzene rings is 1. The minimum absolute atomic E-state index is 0.177. The maximum atomic E-state index is 12.5. The first-order chi connectivity index (χ1) is 10.5. The van der Waals surface area contributed by atoms with Crippen LogP contribution in [0.4, 0.5) is 0 Å². The Bertz CT molecular complexity index is 577. The highest BCUT2D eigenvalue weighted by Crippen LogP contribution is 2.26. The minimum atomic E-state index is -3.36. The number of carbonyl (C=O) groups excluding carboxylic acids is 1. The summed E-state index contributed by atoms with van der Waals surface area (Å²) in [5, 5.41) is 0. The minimum Gasteiger partial charge on any atom is -0.469 e. The van der Waals surface area contributed by atoms with E-state index in [0.717, 1.165) is 25.7 Å². The van der Waals surface area contributed by atoms with E-state index in [9.17, 15) is 13.2 Å². The van der Waals surface area contributed by atoms with Gasteiger partial charge in [-0.25, -0.2) is 8.42 Å². The molecule has 1 aromatic carbocycles. The third-order valence-corrected chi connectivity index (χ3v) is 6.09. The summed E-state index contributed by atoms with van der Waals surface area (Å²) in [6.45, 7) is 1.11. The molecular formula is C16H23NO4S. The molecule has 1 heterocycles. The van der Waals surface area contributed by atoms with Crippen molar-refractivity contribution in [2.75, 3.05) is 20.2 Å². The Morgan fingerprint density at radius 2 is 1.86 bits per heavy atom. The zero-order valence-electron chi connectivity index (χ0n) is 12.9. The van der Waals surface area contributed by atoms with Crippen molar-refractivity contribution in [3.05, 3.63) is 30.3 Å². The highest BCUT2D eigenvalue weighted by Gasteiger charge is 2.28. The van der Waals surface area contributed by atoms with Gasteiger partial charge in [0.05, 0.1) is 12.0 Å². The van der Waals surface area contributed by atoms with Gasteiger partial charge in [-0.3, -0.25) is 4.79 Å². The normalized spacial score (nSPS) is 17.3. The molecule has 0 N–H and O–H groups in total. The largest absolute Gasteiger partial charge is 0.469 e. The van der Waals surface area contributed by atoms with Crippen LogP contribution in [0.2, 0.25) is 0 Å². The lowest BCUT2D eigenvalue weighted by Gasteiger charge is -2.31. The van der Waals surface area contributed by atoms with E-state index in [4.69, 9.17) is 0 Å². The Morgan fingerprint density at radius 3 is 2.45 bits per heavy atom. The molecule has 6 heteroatoms. The molecule has 0 spiro atoms. The van der Waals surface area contributed by atoms with E-state index in [-0.39, 0.29) is 5.97 Å². The third-order valence-electron chi connectivity index (χ3n) is 4.18. The van der Waals surface area contributed by atoms with Crippen LogP contribution in [-0.4, -0.2) is 38.9 Å². The summed E-state index contributed by atoms with van der Waals surface area (Å²) < 4.78 is 31.2. The van der Waals surface area contributed by atoms with Crippen LogP contribution in [0, 0.1) is 5.92 Å². The first kappa shape index (κ1) is 17.0. The van der Waals surface area contributed by atoms with Gasteiger partial charge in [-0.1, -0.05) is 18.2 Å². The predicted molar refractivity (Wildman–Crippen MR) is 83.8 cm³/mol. The van der Waals surface area contributed by atoms with Crippen molar-refractivity contribution in [3.63, 3.8) is 0 Å². The average Bonchev–Trinajstić information content (AvgIpc) is 2.56. The van der Waals surface area contributed by atoms with Crippen molar-refractivity contribution in [1.82, 2.24) is 4.31 Å². The quantitative estimate of drug-likeness (QED) is 0.754. The maximum absolute atomic E-state index is 12.5. The molecule has 2 rings (SSSR count). The fraction of sp³-hybridized carbons (Fsp3) is 0.562. The van der Waals surface area contributed by atoms with E-state index in [1.807, 2.05) is 6.07 Å². The van der Waals surface area contributed by atoms with Crippen LogP contribution in [0.1, 0.15) is 32.1 Å². The smallest absolute Gasteiger partial charge is 0.305 e. The Balaban J connectivity index is 1.83. The molecular weight excluding hydrogens is 302 g/mol. The topological polar surface area (TPSA) is 63.7 Å². The second-order valence-electron chi connectivity index (χ2n) is 5.63. The number of methoxy groups -OCH3 is 1. The van der Waals surface area contributed by atoms with Gasteiger partial charge in [0, 0.05) is 19.5 Å². The van der Waals surface area contributed by atoms with Gasteiger partial charge >= 0.3 is 5.97 Å². The van der Waals surface area contributed by atoms with E-state index in [2.05, 4.69) is 4.74 Å². The van der Waals surface area contributed by atoms with Gasteiger partial charge in [-0.2, -0.15) is 4.31 Å². The number of nitrogens with zero attached hydrogens (tertiary/aromatic N) is 1. The van der Waals surface area contributed by atoms with Gasteiger partial charge in [-0.05, 0) is 43.7 Å². The molecule has 0 radical (unpaired) electrons. The zero-order valence-corrected chi connectivity index (χ0v) is 13.7. The van der Waals surface area contributed by atoms with Crippen molar-refractivity contribution in [3.8, 4) is 0 Å². The van der Waals surface area contributed by atoms with Crippen LogP contribution in [0.15, 0.2) is 35.2 Å². The van der Waals surface area contributed by atoms with Crippen LogP contribution in [0.25, 0.3) is 0 Å². The summed E-state index contributed by atoms with van der Waals surface area (Å²) in [4.78, 5) is 11.4. The van der Waals surface area contributed by atoms with Gasteiger partial charge < -0.3 is 4.74 Å². The van der Waals surface area contributed by atoms with Crippen LogP contribution in [-0.2, 0) is 19.6 Å². The van der Waals surface area contributed by atoms with E-state index >= 15 is 0 Å². The summed E-state index contributed by atoms with van der Waals surface area (Å²) in [6.07, 6.45) is 3.91. The van der Waals surface area contributed by atoms with Crippen molar-refractivity contribution < 1.29 is 17.9 Å². The Morgan fingerprint density at radius 1 is 1.23 bits per heavy atom. The summed E-state index contributed by atoms with van der Waals surface area (Å²) in [7, 11) is -1.97. The number of hydrogen-bond acceptors (Lipinski definition) is 4. The Hall–Kier alpha value is -1.40.